The summed E-state index contributed by atoms with van der Waals surface area (Å²) in [6.45, 7) is 5.73. The first-order chi connectivity index (χ1) is 13.6. The van der Waals surface area contributed by atoms with Crippen LogP contribution in [0.2, 0.25) is 0 Å². The maximum Gasteiger partial charge on any atom is 0.332 e. The first-order valence-corrected chi connectivity index (χ1v) is 10.5. The van der Waals surface area contributed by atoms with Gasteiger partial charge in [-0.25, -0.2) is 4.68 Å². The van der Waals surface area contributed by atoms with Crippen molar-refractivity contribution in [2.24, 2.45) is 5.92 Å². The van der Waals surface area contributed by atoms with E-state index >= 15 is 0 Å². The molecule has 7 heteroatoms. The summed E-state index contributed by atoms with van der Waals surface area (Å²) in [5, 5.41) is 6.75. The van der Waals surface area contributed by atoms with Gasteiger partial charge < -0.3 is 0 Å². The van der Waals surface area contributed by atoms with E-state index in [0.29, 0.717) is 19.0 Å². The smallest absolute Gasteiger partial charge is 0.297 e. The third-order valence-corrected chi connectivity index (χ3v) is 6.70. The van der Waals surface area contributed by atoms with Crippen molar-refractivity contribution in [3.63, 3.8) is 0 Å². The van der Waals surface area contributed by atoms with E-state index in [-0.39, 0.29) is 5.92 Å². The molecule has 3 aromatic rings. The molecule has 0 N–H and O–H groups in total. The largest absolute Gasteiger partial charge is 0.332 e. The summed E-state index contributed by atoms with van der Waals surface area (Å²) in [6.07, 6.45) is 0. The number of aryl methyl sites for hydroxylation is 1. The standard InChI is InChI=1S/C21H22N4O2S/c1-14-4-6-15(7-5-14)9-25-21(27)20(26)24-11-16-10-23(12-17-3-2-8-28-17)13-18(16)19(24)22-25/h2-8,16,18H,9-13H2,1H3/t16-,18+/m1/s1. The molecule has 5 rings (SSSR count). The Morgan fingerprint density at radius 2 is 1.86 bits per heavy atom. The Kier molecular flexibility index (Phi) is 4.29. The fraction of sp³-hybridized carbons (Fsp3) is 0.381. The number of nitrogens with zero attached hydrogens (tertiary/aromatic N) is 4. The molecule has 0 unspecified atom stereocenters. The molecule has 1 fully saturated rings. The zero-order valence-electron chi connectivity index (χ0n) is 15.7. The van der Waals surface area contributed by atoms with Crippen molar-refractivity contribution in [3.8, 4) is 0 Å². The normalized spacial score (nSPS) is 21.0. The summed E-state index contributed by atoms with van der Waals surface area (Å²) in [7, 11) is 0. The highest BCUT2D eigenvalue weighted by atomic mass is 32.1. The quantitative estimate of drug-likeness (QED) is 0.636. The second kappa shape index (κ2) is 6.83. The van der Waals surface area contributed by atoms with Crippen molar-refractivity contribution >= 4 is 11.3 Å². The summed E-state index contributed by atoms with van der Waals surface area (Å²) >= 11 is 1.77. The molecule has 2 aromatic heterocycles. The maximum atomic E-state index is 12.7. The van der Waals surface area contributed by atoms with Gasteiger partial charge in [-0.1, -0.05) is 35.9 Å². The lowest BCUT2D eigenvalue weighted by atomic mass is 10.00. The second-order valence-corrected chi connectivity index (χ2v) is 8.89. The molecule has 0 bridgehead atoms. The van der Waals surface area contributed by atoms with Crippen molar-refractivity contribution < 1.29 is 0 Å². The van der Waals surface area contributed by atoms with Gasteiger partial charge in [-0.3, -0.25) is 19.1 Å². The van der Waals surface area contributed by atoms with Gasteiger partial charge in [-0.05, 0) is 23.9 Å². The number of likely N-dealkylation sites (tertiary alicyclic amines) is 1. The number of thiophene rings is 1. The average molecular weight is 395 g/mol. The lowest BCUT2D eigenvalue weighted by Crippen LogP contribution is -2.44. The summed E-state index contributed by atoms with van der Waals surface area (Å²) < 4.78 is 2.97. The molecule has 0 radical (unpaired) electrons. The number of hydrogen-bond acceptors (Lipinski definition) is 5. The number of fused-ring (bicyclic) bond motifs is 3. The van der Waals surface area contributed by atoms with Crippen molar-refractivity contribution in [1.82, 2.24) is 19.2 Å². The topological polar surface area (TPSA) is 60.1 Å². The summed E-state index contributed by atoms with van der Waals surface area (Å²) in [4.78, 5) is 29.0. The molecular weight excluding hydrogens is 372 g/mol. The van der Waals surface area contributed by atoms with Crippen LogP contribution in [-0.4, -0.2) is 32.3 Å². The Morgan fingerprint density at radius 1 is 1.04 bits per heavy atom. The van der Waals surface area contributed by atoms with Crippen LogP contribution in [0.4, 0.5) is 0 Å². The molecule has 0 amide bonds. The zero-order chi connectivity index (χ0) is 19.3. The van der Waals surface area contributed by atoms with Crippen LogP contribution in [0.25, 0.3) is 0 Å². The van der Waals surface area contributed by atoms with Crippen LogP contribution in [0.5, 0.6) is 0 Å². The van der Waals surface area contributed by atoms with E-state index in [1.165, 1.54) is 9.56 Å². The molecular formula is C21H22N4O2S. The van der Waals surface area contributed by atoms with Crippen LogP contribution in [0, 0.1) is 12.8 Å². The minimum atomic E-state index is -0.528. The van der Waals surface area contributed by atoms with Gasteiger partial charge in [0.15, 0.2) is 0 Å². The lowest BCUT2D eigenvalue weighted by Gasteiger charge is -2.17. The predicted molar refractivity (Wildman–Crippen MR) is 109 cm³/mol. The fourth-order valence-electron chi connectivity index (χ4n) is 4.40. The molecule has 0 aliphatic carbocycles. The Hall–Kier alpha value is -2.51. The number of benzene rings is 1. The van der Waals surface area contributed by atoms with Gasteiger partial charge in [0.25, 0.3) is 0 Å². The van der Waals surface area contributed by atoms with Gasteiger partial charge in [0.05, 0.1) is 6.54 Å². The van der Waals surface area contributed by atoms with Crippen molar-refractivity contribution in [3.05, 3.63) is 84.3 Å². The Bertz CT molecular complexity index is 1110. The molecule has 144 valence electrons. The molecule has 0 saturated carbocycles. The number of aromatic nitrogens is 3. The highest BCUT2D eigenvalue weighted by molar-refractivity contribution is 7.09. The summed E-state index contributed by atoms with van der Waals surface area (Å²) in [5.74, 6) is 1.35. The summed E-state index contributed by atoms with van der Waals surface area (Å²) in [6, 6.07) is 12.2. The van der Waals surface area contributed by atoms with Crippen LogP contribution in [0.1, 0.15) is 27.7 Å². The Balaban J connectivity index is 1.43. The van der Waals surface area contributed by atoms with Crippen LogP contribution in [0.15, 0.2) is 51.4 Å². The highest BCUT2D eigenvalue weighted by Crippen LogP contribution is 2.37. The molecule has 1 aromatic carbocycles. The molecule has 28 heavy (non-hydrogen) atoms. The Morgan fingerprint density at radius 3 is 2.61 bits per heavy atom. The maximum absolute atomic E-state index is 12.7. The molecule has 0 spiro atoms. The van der Waals surface area contributed by atoms with E-state index in [9.17, 15) is 9.59 Å². The van der Waals surface area contributed by atoms with Gasteiger partial charge in [-0.15, -0.1) is 11.3 Å². The average Bonchev–Trinajstić information content (AvgIpc) is 3.39. The number of hydrogen-bond donors (Lipinski definition) is 0. The van der Waals surface area contributed by atoms with Crippen LogP contribution in [0.3, 0.4) is 0 Å². The monoisotopic (exact) mass is 394 g/mol. The van der Waals surface area contributed by atoms with Gasteiger partial charge in [0.2, 0.25) is 0 Å². The van der Waals surface area contributed by atoms with Crippen molar-refractivity contribution in [2.75, 3.05) is 13.1 Å². The SMILES string of the molecule is Cc1ccc(Cn2nc3n(c(=O)c2=O)C[C@H]2CN(Cc4cccs4)C[C@H]32)cc1. The van der Waals surface area contributed by atoms with Gasteiger partial charge in [-0.2, -0.15) is 5.10 Å². The van der Waals surface area contributed by atoms with Crippen LogP contribution < -0.4 is 11.1 Å². The molecule has 1 saturated heterocycles. The van der Waals surface area contributed by atoms with E-state index in [1.807, 2.05) is 31.2 Å². The molecule has 4 heterocycles. The zero-order valence-corrected chi connectivity index (χ0v) is 16.6. The third-order valence-electron chi connectivity index (χ3n) is 5.84. The summed E-state index contributed by atoms with van der Waals surface area (Å²) in [5.41, 5.74) is 1.18. The predicted octanol–water partition coefficient (Wildman–Crippen LogP) is 2.05. The Labute approximate surface area is 166 Å². The van der Waals surface area contributed by atoms with Crippen molar-refractivity contribution in [1.29, 1.82) is 0 Å². The third kappa shape index (κ3) is 3.04. The lowest BCUT2D eigenvalue weighted by molar-refractivity contribution is 0.306. The number of rotatable bonds is 4. The van der Waals surface area contributed by atoms with E-state index in [0.717, 1.165) is 36.6 Å². The fourth-order valence-corrected chi connectivity index (χ4v) is 5.15. The second-order valence-electron chi connectivity index (χ2n) is 7.86. The molecule has 6 nitrogen and oxygen atoms in total. The first kappa shape index (κ1) is 17.6. The molecule has 2 aliphatic heterocycles. The van der Waals surface area contributed by atoms with E-state index in [2.05, 4.69) is 27.5 Å². The molecule has 2 aliphatic rings. The van der Waals surface area contributed by atoms with E-state index in [4.69, 9.17) is 0 Å². The van der Waals surface area contributed by atoms with Crippen LogP contribution in [-0.2, 0) is 19.6 Å². The molecule has 2 atom stereocenters. The van der Waals surface area contributed by atoms with Gasteiger partial charge in [0, 0.05) is 42.9 Å². The van der Waals surface area contributed by atoms with E-state index < -0.39 is 11.1 Å². The van der Waals surface area contributed by atoms with Gasteiger partial charge in [0.1, 0.15) is 5.82 Å². The highest BCUT2D eigenvalue weighted by Gasteiger charge is 2.42. The minimum absolute atomic E-state index is 0.220. The van der Waals surface area contributed by atoms with Gasteiger partial charge >= 0.3 is 11.1 Å². The van der Waals surface area contributed by atoms with Crippen molar-refractivity contribution in [2.45, 2.75) is 32.5 Å². The van der Waals surface area contributed by atoms with E-state index in [1.54, 1.807) is 15.9 Å². The van der Waals surface area contributed by atoms with Crippen LogP contribution >= 0.6 is 11.3 Å². The minimum Gasteiger partial charge on any atom is -0.297 e. The first-order valence-electron chi connectivity index (χ1n) is 9.60.